The standard InChI is InChI=1S/C11H13BrO3/c1-15-9-5-2-8(3-6-9)4-7-10(12)11(13)14/h2-3,5-6,10H,4,7H2,1H3,(H,13,14). The number of aryl methyl sites for hydroxylation is 1. The van der Waals surface area contributed by atoms with Crippen molar-refractivity contribution in [1.29, 1.82) is 0 Å². The van der Waals surface area contributed by atoms with Gasteiger partial charge in [0.05, 0.1) is 7.11 Å². The van der Waals surface area contributed by atoms with E-state index in [2.05, 4.69) is 15.9 Å². The highest BCUT2D eigenvalue weighted by molar-refractivity contribution is 9.10. The first-order valence-corrected chi connectivity index (χ1v) is 5.55. The molecule has 0 amide bonds. The van der Waals surface area contributed by atoms with Crippen LogP contribution >= 0.6 is 15.9 Å². The molecule has 15 heavy (non-hydrogen) atoms. The molecule has 1 N–H and O–H groups in total. The van der Waals surface area contributed by atoms with Crippen molar-refractivity contribution in [2.45, 2.75) is 17.7 Å². The second-order valence-electron chi connectivity index (χ2n) is 3.19. The number of hydrogen-bond acceptors (Lipinski definition) is 2. The van der Waals surface area contributed by atoms with E-state index in [0.29, 0.717) is 6.42 Å². The molecule has 82 valence electrons. The van der Waals surface area contributed by atoms with Crippen molar-refractivity contribution < 1.29 is 14.6 Å². The zero-order valence-electron chi connectivity index (χ0n) is 8.44. The molecule has 0 aliphatic heterocycles. The molecular formula is C11H13BrO3. The summed E-state index contributed by atoms with van der Waals surface area (Å²) in [5.41, 5.74) is 1.11. The Morgan fingerprint density at radius 3 is 2.53 bits per heavy atom. The highest BCUT2D eigenvalue weighted by Crippen LogP contribution is 2.15. The molecule has 0 saturated heterocycles. The lowest BCUT2D eigenvalue weighted by atomic mass is 10.1. The summed E-state index contributed by atoms with van der Waals surface area (Å²) in [6, 6.07) is 7.64. The van der Waals surface area contributed by atoms with Gasteiger partial charge in [-0.15, -0.1) is 0 Å². The van der Waals surface area contributed by atoms with Crippen molar-refractivity contribution in [1.82, 2.24) is 0 Å². The van der Waals surface area contributed by atoms with Gasteiger partial charge in [-0.25, -0.2) is 0 Å². The highest BCUT2D eigenvalue weighted by atomic mass is 79.9. The summed E-state index contributed by atoms with van der Waals surface area (Å²) in [5.74, 6) is -0.00381. The third-order valence-electron chi connectivity index (χ3n) is 2.11. The van der Waals surface area contributed by atoms with E-state index in [9.17, 15) is 4.79 Å². The SMILES string of the molecule is COc1ccc(CCC(Br)C(=O)O)cc1. The first-order valence-electron chi connectivity index (χ1n) is 4.63. The molecule has 1 unspecified atom stereocenters. The van der Waals surface area contributed by atoms with Gasteiger partial charge in [0.2, 0.25) is 0 Å². The van der Waals surface area contributed by atoms with Crippen LogP contribution in [0.2, 0.25) is 0 Å². The van der Waals surface area contributed by atoms with Crippen LogP contribution in [0.5, 0.6) is 5.75 Å². The highest BCUT2D eigenvalue weighted by Gasteiger charge is 2.12. The molecule has 0 spiro atoms. The Balaban J connectivity index is 2.47. The average Bonchev–Trinajstić information content (AvgIpc) is 2.26. The number of carboxylic acids is 1. The summed E-state index contributed by atoms with van der Waals surface area (Å²) in [4.78, 5) is 10.1. The second-order valence-corrected chi connectivity index (χ2v) is 4.30. The topological polar surface area (TPSA) is 46.5 Å². The molecule has 0 aromatic heterocycles. The summed E-state index contributed by atoms with van der Waals surface area (Å²) in [7, 11) is 1.62. The number of halogens is 1. The Bertz CT molecular complexity index is 321. The Morgan fingerprint density at radius 1 is 1.47 bits per heavy atom. The minimum absolute atomic E-state index is 0.473. The molecule has 0 aliphatic rings. The van der Waals surface area contributed by atoms with Gasteiger partial charge in [0.25, 0.3) is 0 Å². The summed E-state index contributed by atoms with van der Waals surface area (Å²) < 4.78 is 5.03. The van der Waals surface area contributed by atoms with Crippen molar-refractivity contribution in [3.05, 3.63) is 29.8 Å². The number of alkyl halides is 1. The number of methoxy groups -OCH3 is 1. The monoisotopic (exact) mass is 272 g/mol. The largest absolute Gasteiger partial charge is 0.497 e. The van der Waals surface area contributed by atoms with Gasteiger partial charge in [-0.2, -0.15) is 0 Å². The maximum atomic E-state index is 10.6. The molecule has 1 rings (SSSR count). The van der Waals surface area contributed by atoms with E-state index in [-0.39, 0.29) is 0 Å². The third kappa shape index (κ3) is 3.91. The number of hydrogen-bond donors (Lipinski definition) is 1. The molecular weight excluding hydrogens is 260 g/mol. The van der Waals surface area contributed by atoms with Crippen LogP contribution in [0.15, 0.2) is 24.3 Å². The fraction of sp³-hybridized carbons (Fsp3) is 0.364. The molecule has 0 bridgehead atoms. The Hall–Kier alpha value is -1.03. The quantitative estimate of drug-likeness (QED) is 0.838. The molecule has 0 heterocycles. The van der Waals surface area contributed by atoms with Crippen LogP contribution in [-0.4, -0.2) is 23.0 Å². The summed E-state index contributed by atoms with van der Waals surface area (Å²) >= 11 is 3.10. The number of rotatable bonds is 5. The Kier molecular flexibility index (Phi) is 4.62. The molecule has 3 nitrogen and oxygen atoms in total. The van der Waals surface area contributed by atoms with Crippen molar-refractivity contribution >= 4 is 21.9 Å². The number of carbonyl (C=O) groups is 1. The van der Waals surface area contributed by atoms with Gasteiger partial charge in [0, 0.05) is 0 Å². The number of benzene rings is 1. The van der Waals surface area contributed by atoms with Crippen LogP contribution in [-0.2, 0) is 11.2 Å². The first kappa shape index (κ1) is 12.0. The lowest BCUT2D eigenvalue weighted by molar-refractivity contribution is -0.136. The zero-order chi connectivity index (χ0) is 11.3. The number of ether oxygens (including phenoxy) is 1. The molecule has 0 saturated carbocycles. The Morgan fingerprint density at radius 2 is 2.07 bits per heavy atom. The maximum absolute atomic E-state index is 10.6. The third-order valence-corrected chi connectivity index (χ3v) is 2.96. The van der Waals surface area contributed by atoms with Crippen LogP contribution in [0.4, 0.5) is 0 Å². The van der Waals surface area contributed by atoms with Gasteiger partial charge in [-0.05, 0) is 30.5 Å². The van der Waals surface area contributed by atoms with Crippen LogP contribution in [0.25, 0.3) is 0 Å². The van der Waals surface area contributed by atoms with E-state index in [1.807, 2.05) is 24.3 Å². The first-order chi connectivity index (χ1) is 7.13. The molecule has 1 aromatic rings. The second kappa shape index (κ2) is 5.75. The van der Waals surface area contributed by atoms with Crippen molar-refractivity contribution in [2.75, 3.05) is 7.11 Å². The molecule has 0 aliphatic carbocycles. The smallest absolute Gasteiger partial charge is 0.317 e. The van der Waals surface area contributed by atoms with E-state index in [1.165, 1.54) is 0 Å². The summed E-state index contributed by atoms with van der Waals surface area (Å²) in [5, 5.41) is 8.68. The van der Waals surface area contributed by atoms with Crippen molar-refractivity contribution in [3.63, 3.8) is 0 Å². The molecule has 0 radical (unpaired) electrons. The summed E-state index contributed by atoms with van der Waals surface area (Å²) in [6.45, 7) is 0. The van der Waals surface area contributed by atoms with Gasteiger partial charge in [-0.3, -0.25) is 4.79 Å². The van der Waals surface area contributed by atoms with Crippen molar-refractivity contribution in [3.8, 4) is 5.75 Å². The van der Waals surface area contributed by atoms with Gasteiger partial charge in [-0.1, -0.05) is 28.1 Å². The van der Waals surface area contributed by atoms with Crippen LogP contribution in [0.3, 0.4) is 0 Å². The normalized spacial score (nSPS) is 12.1. The van der Waals surface area contributed by atoms with Crippen LogP contribution in [0.1, 0.15) is 12.0 Å². The fourth-order valence-corrected chi connectivity index (χ4v) is 1.44. The van der Waals surface area contributed by atoms with Gasteiger partial charge >= 0.3 is 5.97 Å². The minimum Gasteiger partial charge on any atom is -0.497 e. The maximum Gasteiger partial charge on any atom is 0.317 e. The van der Waals surface area contributed by atoms with E-state index in [1.54, 1.807) is 7.11 Å². The van der Waals surface area contributed by atoms with Gasteiger partial charge < -0.3 is 9.84 Å². The molecule has 1 aromatic carbocycles. The lowest BCUT2D eigenvalue weighted by Crippen LogP contribution is -2.13. The Labute approximate surface area is 97.2 Å². The van der Waals surface area contributed by atoms with E-state index in [4.69, 9.17) is 9.84 Å². The van der Waals surface area contributed by atoms with Gasteiger partial charge in [0.15, 0.2) is 0 Å². The number of aliphatic carboxylic acids is 1. The molecule has 4 heteroatoms. The van der Waals surface area contributed by atoms with E-state index < -0.39 is 10.8 Å². The van der Waals surface area contributed by atoms with E-state index in [0.717, 1.165) is 17.7 Å². The van der Waals surface area contributed by atoms with Crippen molar-refractivity contribution in [2.24, 2.45) is 0 Å². The molecule has 0 fully saturated rings. The van der Waals surface area contributed by atoms with Crippen LogP contribution < -0.4 is 4.74 Å². The number of carboxylic acid groups (broad SMARTS) is 1. The van der Waals surface area contributed by atoms with E-state index >= 15 is 0 Å². The lowest BCUT2D eigenvalue weighted by Gasteiger charge is -2.05. The average molecular weight is 273 g/mol. The fourth-order valence-electron chi connectivity index (χ4n) is 1.21. The molecule has 1 atom stereocenters. The predicted octanol–water partition coefficient (Wildman–Crippen LogP) is 2.48. The van der Waals surface area contributed by atoms with Gasteiger partial charge in [0.1, 0.15) is 10.6 Å². The zero-order valence-corrected chi connectivity index (χ0v) is 10.0. The van der Waals surface area contributed by atoms with Crippen LogP contribution in [0, 0.1) is 0 Å². The predicted molar refractivity (Wildman–Crippen MR) is 61.7 cm³/mol. The summed E-state index contributed by atoms with van der Waals surface area (Å²) in [6.07, 6.45) is 1.33. The minimum atomic E-state index is -0.816.